The zero-order valence-electron chi connectivity index (χ0n) is 11.0. The molecule has 4 heteroatoms. The van der Waals surface area contributed by atoms with Crippen molar-refractivity contribution >= 4 is 11.8 Å². The molecule has 1 N–H and O–H groups in total. The molecule has 1 aliphatic heterocycles. The predicted octanol–water partition coefficient (Wildman–Crippen LogP) is 1.30. The second kappa shape index (κ2) is 3.75. The van der Waals surface area contributed by atoms with Gasteiger partial charge in [0.2, 0.25) is 11.8 Å². The maximum atomic E-state index is 12.3. The molecule has 1 unspecified atom stereocenters. The van der Waals surface area contributed by atoms with Gasteiger partial charge in [-0.05, 0) is 41.0 Å². The van der Waals surface area contributed by atoms with E-state index in [1.165, 1.54) is 0 Å². The minimum Gasteiger partial charge on any atom is -0.340 e. The Hall–Kier alpha value is -1.06. The van der Waals surface area contributed by atoms with Crippen molar-refractivity contribution in [2.45, 2.75) is 65.1 Å². The molecule has 0 radical (unpaired) electrons. The SMILES string of the molecule is CCC(C)(C)N1C(=O)C(C)(C)NC(=O)C1C. The molecule has 16 heavy (non-hydrogen) atoms. The van der Waals surface area contributed by atoms with Crippen LogP contribution in [0, 0.1) is 0 Å². The molecule has 1 rings (SSSR count). The van der Waals surface area contributed by atoms with Gasteiger partial charge in [-0.15, -0.1) is 0 Å². The van der Waals surface area contributed by atoms with E-state index in [1.807, 2.05) is 20.8 Å². The highest BCUT2D eigenvalue weighted by molar-refractivity contribution is 5.99. The van der Waals surface area contributed by atoms with Gasteiger partial charge in [-0.25, -0.2) is 0 Å². The van der Waals surface area contributed by atoms with Gasteiger partial charge in [-0.1, -0.05) is 6.92 Å². The minimum atomic E-state index is -0.796. The van der Waals surface area contributed by atoms with Crippen LogP contribution in [0.25, 0.3) is 0 Å². The molecular formula is C12H22N2O2. The van der Waals surface area contributed by atoms with Gasteiger partial charge in [-0.2, -0.15) is 0 Å². The summed E-state index contributed by atoms with van der Waals surface area (Å²) in [5.41, 5.74) is -1.08. The molecule has 4 nitrogen and oxygen atoms in total. The Kier molecular flexibility index (Phi) is 3.05. The minimum absolute atomic E-state index is 0.00792. The summed E-state index contributed by atoms with van der Waals surface area (Å²) >= 11 is 0. The van der Waals surface area contributed by atoms with Crippen molar-refractivity contribution in [2.24, 2.45) is 0 Å². The molecule has 1 atom stereocenters. The number of piperazine rings is 1. The number of nitrogens with one attached hydrogen (secondary N) is 1. The summed E-state index contributed by atoms with van der Waals surface area (Å²) in [6, 6.07) is -0.393. The van der Waals surface area contributed by atoms with E-state index in [0.29, 0.717) is 0 Å². The molecule has 1 heterocycles. The Morgan fingerprint density at radius 1 is 1.38 bits per heavy atom. The van der Waals surface area contributed by atoms with Gasteiger partial charge in [0.05, 0.1) is 0 Å². The van der Waals surface area contributed by atoms with Crippen LogP contribution in [-0.2, 0) is 9.59 Å². The van der Waals surface area contributed by atoms with Crippen molar-refractivity contribution in [3.8, 4) is 0 Å². The van der Waals surface area contributed by atoms with Gasteiger partial charge >= 0.3 is 0 Å². The number of carbonyl (C=O) groups excluding carboxylic acids is 2. The summed E-state index contributed by atoms with van der Waals surface area (Å²) in [7, 11) is 0. The lowest BCUT2D eigenvalue weighted by Gasteiger charge is -2.49. The number of nitrogens with zero attached hydrogens (tertiary/aromatic N) is 1. The molecule has 0 aromatic rings. The van der Waals surface area contributed by atoms with E-state index < -0.39 is 11.6 Å². The summed E-state index contributed by atoms with van der Waals surface area (Å²) in [4.78, 5) is 25.9. The topological polar surface area (TPSA) is 49.4 Å². The van der Waals surface area contributed by atoms with E-state index in [0.717, 1.165) is 6.42 Å². The average Bonchev–Trinajstić information content (AvgIpc) is 2.14. The third-order valence-electron chi connectivity index (χ3n) is 3.47. The van der Waals surface area contributed by atoms with Crippen LogP contribution < -0.4 is 5.32 Å². The quantitative estimate of drug-likeness (QED) is 0.771. The van der Waals surface area contributed by atoms with Crippen molar-refractivity contribution in [3.63, 3.8) is 0 Å². The number of amides is 2. The largest absolute Gasteiger partial charge is 0.340 e. The van der Waals surface area contributed by atoms with Gasteiger partial charge in [0.15, 0.2) is 0 Å². The van der Waals surface area contributed by atoms with Crippen molar-refractivity contribution in [1.29, 1.82) is 0 Å². The van der Waals surface area contributed by atoms with E-state index in [9.17, 15) is 9.59 Å². The third kappa shape index (κ3) is 1.93. The molecule has 0 aromatic carbocycles. The lowest BCUT2D eigenvalue weighted by atomic mass is 9.89. The molecule has 0 aliphatic carbocycles. The summed E-state index contributed by atoms with van der Waals surface area (Å²) in [6.07, 6.45) is 0.826. The standard InChI is InChI=1S/C12H22N2O2/c1-7-11(3,4)14-8(2)9(15)13-12(5,6)10(14)16/h8H,7H2,1-6H3,(H,13,15). The second-order valence-electron chi connectivity index (χ2n) is 5.63. The lowest BCUT2D eigenvalue weighted by Crippen LogP contribution is -2.71. The number of rotatable bonds is 2. The highest BCUT2D eigenvalue weighted by atomic mass is 16.2. The van der Waals surface area contributed by atoms with Gasteiger partial charge in [0.1, 0.15) is 11.6 Å². The molecule has 0 spiro atoms. The highest BCUT2D eigenvalue weighted by Gasteiger charge is 2.48. The maximum Gasteiger partial charge on any atom is 0.248 e. The Balaban J connectivity index is 3.14. The summed E-state index contributed by atoms with van der Waals surface area (Å²) in [5, 5.41) is 2.75. The van der Waals surface area contributed by atoms with Gasteiger partial charge in [0.25, 0.3) is 0 Å². The molecule has 92 valence electrons. The van der Waals surface area contributed by atoms with Crippen LogP contribution in [0.3, 0.4) is 0 Å². The Morgan fingerprint density at radius 3 is 2.31 bits per heavy atom. The first-order chi connectivity index (χ1) is 7.13. The Bertz CT molecular complexity index is 321. The highest BCUT2D eigenvalue weighted by Crippen LogP contribution is 2.28. The molecule has 0 aromatic heterocycles. The normalized spacial score (nSPS) is 25.6. The summed E-state index contributed by atoms with van der Waals surface area (Å²) in [6.45, 7) is 11.3. The van der Waals surface area contributed by atoms with Crippen LogP contribution in [-0.4, -0.2) is 33.8 Å². The molecule has 2 amide bonds. The summed E-state index contributed by atoms with van der Waals surface area (Å²) < 4.78 is 0. The third-order valence-corrected chi connectivity index (χ3v) is 3.47. The first kappa shape index (κ1) is 13.0. The number of carbonyl (C=O) groups is 2. The molecular weight excluding hydrogens is 204 g/mol. The van der Waals surface area contributed by atoms with Crippen LogP contribution in [0.1, 0.15) is 48.0 Å². The van der Waals surface area contributed by atoms with E-state index in [-0.39, 0.29) is 17.4 Å². The molecule has 1 fully saturated rings. The monoisotopic (exact) mass is 226 g/mol. The van der Waals surface area contributed by atoms with Gasteiger partial charge in [-0.3, -0.25) is 9.59 Å². The van der Waals surface area contributed by atoms with Crippen LogP contribution >= 0.6 is 0 Å². The zero-order valence-corrected chi connectivity index (χ0v) is 11.0. The smallest absolute Gasteiger partial charge is 0.248 e. The maximum absolute atomic E-state index is 12.3. The van der Waals surface area contributed by atoms with Crippen LogP contribution in [0.4, 0.5) is 0 Å². The van der Waals surface area contributed by atoms with E-state index in [4.69, 9.17) is 0 Å². The average molecular weight is 226 g/mol. The fourth-order valence-corrected chi connectivity index (χ4v) is 2.03. The number of hydrogen-bond acceptors (Lipinski definition) is 2. The summed E-state index contributed by atoms with van der Waals surface area (Å²) in [5.74, 6) is -0.0856. The first-order valence-corrected chi connectivity index (χ1v) is 5.79. The van der Waals surface area contributed by atoms with Crippen LogP contribution in [0.15, 0.2) is 0 Å². The van der Waals surface area contributed by atoms with Gasteiger partial charge < -0.3 is 10.2 Å². The first-order valence-electron chi connectivity index (χ1n) is 5.79. The van der Waals surface area contributed by atoms with Crippen molar-refractivity contribution in [2.75, 3.05) is 0 Å². The fourth-order valence-electron chi connectivity index (χ4n) is 2.03. The van der Waals surface area contributed by atoms with Gasteiger partial charge in [0, 0.05) is 5.54 Å². The molecule has 0 bridgehead atoms. The predicted molar refractivity (Wildman–Crippen MR) is 62.9 cm³/mol. The van der Waals surface area contributed by atoms with Crippen molar-refractivity contribution in [3.05, 3.63) is 0 Å². The van der Waals surface area contributed by atoms with E-state index in [1.54, 1.807) is 25.7 Å². The van der Waals surface area contributed by atoms with E-state index >= 15 is 0 Å². The molecule has 0 saturated carbocycles. The van der Waals surface area contributed by atoms with Crippen molar-refractivity contribution < 1.29 is 9.59 Å². The molecule has 1 aliphatic rings. The molecule has 1 saturated heterocycles. The van der Waals surface area contributed by atoms with Crippen LogP contribution in [0.2, 0.25) is 0 Å². The Labute approximate surface area is 97.4 Å². The Morgan fingerprint density at radius 2 is 1.88 bits per heavy atom. The van der Waals surface area contributed by atoms with Crippen LogP contribution in [0.5, 0.6) is 0 Å². The zero-order chi connectivity index (χ0) is 12.7. The van der Waals surface area contributed by atoms with E-state index in [2.05, 4.69) is 5.32 Å². The number of hydrogen-bond donors (Lipinski definition) is 1. The fraction of sp³-hybridized carbons (Fsp3) is 0.833. The van der Waals surface area contributed by atoms with Crippen molar-refractivity contribution in [1.82, 2.24) is 10.2 Å². The lowest BCUT2D eigenvalue weighted by molar-refractivity contribution is -0.159. The second-order valence-corrected chi connectivity index (χ2v) is 5.63.